The largest absolute Gasteiger partial charge is 0.367 e. The van der Waals surface area contributed by atoms with Gasteiger partial charge in [-0.25, -0.2) is 9.97 Å². The lowest BCUT2D eigenvalue weighted by Gasteiger charge is -2.33. The second-order valence-electron chi connectivity index (χ2n) is 8.96. The number of hydrogen-bond donors (Lipinski definition) is 2. The summed E-state index contributed by atoms with van der Waals surface area (Å²) >= 11 is 0. The van der Waals surface area contributed by atoms with Gasteiger partial charge < -0.3 is 20.1 Å². The van der Waals surface area contributed by atoms with E-state index in [2.05, 4.69) is 54.1 Å². The molecule has 1 saturated heterocycles. The van der Waals surface area contributed by atoms with Crippen LogP contribution in [0.5, 0.6) is 0 Å². The summed E-state index contributed by atoms with van der Waals surface area (Å²) in [7, 11) is 0. The van der Waals surface area contributed by atoms with Crippen LogP contribution in [0.4, 0.5) is 17.5 Å². The van der Waals surface area contributed by atoms with Crippen molar-refractivity contribution in [1.29, 1.82) is 0 Å². The number of nitrogens with one attached hydrogen (secondary N) is 2. The van der Waals surface area contributed by atoms with Crippen molar-refractivity contribution < 1.29 is 0 Å². The first-order chi connectivity index (χ1) is 15.8. The Kier molecular flexibility index (Phi) is 4.87. The Morgan fingerprint density at radius 1 is 1.03 bits per heavy atom. The number of aromatic nitrogens is 5. The number of fused-ring (bicyclic) bond motifs is 3. The summed E-state index contributed by atoms with van der Waals surface area (Å²) < 4.78 is 2.37. The second kappa shape index (κ2) is 8.02. The number of nitrogens with zero attached hydrogens (tertiary/aromatic N) is 6. The van der Waals surface area contributed by atoms with E-state index in [9.17, 15) is 0 Å². The molecule has 1 aliphatic carbocycles. The Labute approximate surface area is 187 Å². The molecule has 0 aromatic carbocycles. The Balaban J connectivity index is 1.31. The minimum Gasteiger partial charge on any atom is -0.367 e. The number of hydrogen-bond acceptors (Lipinski definition) is 7. The van der Waals surface area contributed by atoms with Crippen LogP contribution in [-0.4, -0.2) is 50.2 Å². The molecule has 5 heterocycles. The van der Waals surface area contributed by atoms with Gasteiger partial charge in [0.25, 0.3) is 0 Å². The fourth-order valence-electron chi connectivity index (χ4n) is 5.19. The van der Waals surface area contributed by atoms with Crippen molar-refractivity contribution in [1.82, 2.24) is 29.8 Å². The van der Waals surface area contributed by atoms with Gasteiger partial charge in [0.05, 0.1) is 23.6 Å². The molecule has 1 atom stereocenters. The lowest BCUT2D eigenvalue weighted by atomic mass is 10.2. The number of anilines is 3. The zero-order valence-electron chi connectivity index (χ0n) is 18.3. The van der Waals surface area contributed by atoms with Crippen LogP contribution < -0.4 is 15.5 Å². The quantitative estimate of drug-likeness (QED) is 0.508. The highest BCUT2D eigenvalue weighted by Gasteiger charge is 2.23. The van der Waals surface area contributed by atoms with Crippen LogP contribution >= 0.6 is 0 Å². The molecule has 6 rings (SSSR count). The van der Waals surface area contributed by atoms with E-state index < -0.39 is 0 Å². The molecule has 2 N–H and O–H groups in total. The first kappa shape index (κ1) is 19.4. The van der Waals surface area contributed by atoms with Crippen molar-refractivity contribution in [3.05, 3.63) is 43.0 Å². The predicted molar refractivity (Wildman–Crippen MR) is 128 cm³/mol. The maximum Gasteiger partial charge on any atom is 0.230 e. The normalized spacial score (nSPS) is 19.8. The lowest BCUT2D eigenvalue weighted by Crippen LogP contribution is -2.49. The van der Waals surface area contributed by atoms with Gasteiger partial charge in [-0.2, -0.15) is 4.98 Å². The Morgan fingerprint density at radius 2 is 1.94 bits per heavy atom. The summed E-state index contributed by atoms with van der Waals surface area (Å²) in [6, 6.07) is 7.15. The van der Waals surface area contributed by atoms with E-state index in [1.807, 2.05) is 30.9 Å². The smallest absolute Gasteiger partial charge is 0.230 e. The van der Waals surface area contributed by atoms with Crippen molar-refractivity contribution in [3.63, 3.8) is 0 Å². The van der Waals surface area contributed by atoms with E-state index in [0.29, 0.717) is 18.0 Å². The van der Waals surface area contributed by atoms with Gasteiger partial charge in [0.15, 0.2) is 0 Å². The van der Waals surface area contributed by atoms with E-state index in [1.165, 1.54) is 31.1 Å². The van der Waals surface area contributed by atoms with Crippen LogP contribution in [0.2, 0.25) is 0 Å². The van der Waals surface area contributed by atoms with E-state index >= 15 is 0 Å². The summed E-state index contributed by atoms with van der Waals surface area (Å²) in [5.74, 6) is 1.32. The van der Waals surface area contributed by atoms with Crippen LogP contribution in [0.1, 0.15) is 38.6 Å². The predicted octanol–water partition coefficient (Wildman–Crippen LogP) is 4.03. The van der Waals surface area contributed by atoms with Crippen LogP contribution in [-0.2, 0) is 0 Å². The third-order valence-electron chi connectivity index (χ3n) is 6.76. The van der Waals surface area contributed by atoms with E-state index in [0.717, 1.165) is 47.7 Å². The third kappa shape index (κ3) is 3.44. The highest BCUT2D eigenvalue weighted by atomic mass is 15.2. The monoisotopic (exact) mass is 428 g/mol. The molecule has 0 unspecified atom stereocenters. The van der Waals surface area contributed by atoms with Gasteiger partial charge in [-0.3, -0.25) is 4.98 Å². The molecule has 164 valence electrons. The highest BCUT2D eigenvalue weighted by molar-refractivity contribution is 6.06. The van der Waals surface area contributed by atoms with Crippen molar-refractivity contribution >= 4 is 39.4 Å². The second-order valence-corrected chi connectivity index (χ2v) is 8.96. The van der Waals surface area contributed by atoms with Gasteiger partial charge in [0.1, 0.15) is 11.5 Å². The zero-order chi connectivity index (χ0) is 21.5. The van der Waals surface area contributed by atoms with Crippen molar-refractivity contribution in [2.24, 2.45) is 0 Å². The molecule has 8 heteroatoms. The van der Waals surface area contributed by atoms with Gasteiger partial charge in [-0.15, -0.1) is 0 Å². The number of piperazine rings is 1. The molecule has 2 fully saturated rings. The van der Waals surface area contributed by atoms with Crippen LogP contribution in [0.25, 0.3) is 21.9 Å². The van der Waals surface area contributed by atoms with E-state index in [-0.39, 0.29) is 0 Å². The van der Waals surface area contributed by atoms with Crippen LogP contribution in [0.3, 0.4) is 0 Å². The average molecular weight is 429 g/mol. The first-order valence-corrected chi connectivity index (χ1v) is 11.6. The molecule has 8 nitrogen and oxygen atoms in total. The van der Waals surface area contributed by atoms with Gasteiger partial charge >= 0.3 is 0 Å². The maximum absolute atomic E-state index is 4.93. The molecule has 0 bridgehead atoms. The fourth-order valence-corrected chi connectivity index (χ4v) is 5.19. The summed E-state index contributed by atoms with van der Waals surface area (Å²) in [6.07, 6.45) is 12.6. The van der Waals surface area contributed by atoms with E-state index in [1.54, 1.807) is 0 Å². The molecule has 2 aliphatic rings. The average Bonchev–Trinajstić information content (AvgIpc) is 3.45. The van der Waals surface area contributed by atoms with Gasteiger partial charge in [0.2, 0.25) is 5.95 Å². The summed E-state index contributed by atoms with van der Waals surface area (Å²) in [5.41, 5.74) is 3.27. The Hall–Kier alpha value is -3.26. The minimum absolute atomic E-state index is 0.473. The van der Waals surface area contributed by atoms with Crippen LogP contribution in [0, 0.1) is 0 Å². The standard InChI is InChI=1S/C24H28N8/c1-16-15-31(11-10-26-16)18-6-7-22(27-12-18)29-24-28-13-20-19-8-9-25-14-21(19)32(23(20)30-24)17-4-2-3-5-17/h6-9,12-14,16-17,26H,2-5,10-11,15H2,1H3,(H,27,28,29,30)/t16-/m0/s1. The van der Waals surface area contributed by atoms with Crippen molar-refractivity contribution in [2.75, 3.05) is 29.9 Å². The molecular formula is C24H28N8. The molecule has 32 heavy (non-hydrogen) atoms. The lowest BCUT2D eigenvalue weighted by molar-refractivity contribution is 0.484. The molecule has 1 aliphatic heterocycles. The SMILES string of the molecule is C[C@H]1CN(c2ccc(Nc3ncc4c5ccncc5n(C5CCCC5)c4n3)nc2)CCN1. The van der Waals surface area contributed by atoms with Gasteiger partial charge in [-0.05, 0) is 38.0 Å². The zero-order valence-corrected chi connectivity index (χ0v) is 18.3. The number of rotatable bonds is 4. The van der Waals surface area contributed by atoms with Gasteiger partial charge in [-0.1, -0.05) is 12.8 Å². The summed E-state index contributed by atoms with van der Waals surface area (Å²) in [6.45, 7) is 5.21. The molecular weight excluding hydrogens is 400 g/mol. The molecule has 0 spiro atoms. The summed E-state index contributed by atoms with van der Waals surface area (Å²) in [5, 5.41) is 9.03. The Morgan fingerprint density at radius 3 is 2.75 bits per heavy atom. The first-order valence-electron chi connectivity index (χ1n) is 11.6. The minimum atomic E-state index is 0.473. The maximum atomic E-state index is 4.93. The van der Waals surface area contributed by atoms with E-state index in [4.69, 9.17) is 4.98 Å². The third-order valence-corrected chi connectivity index (χ3v) is 6.76. The molecule has 4 aromatic rings. The molecule has 4 aromatic heterocycles. The highest BCUT2D eigenvalue weighted by Crippen LogP contribution is 2.37. The van der Waals surface area contributed by atoms with Crippen molar-refractivity contribution in [2.45, 2.75) is 44.7 Å². The number of pyridine rings is 2. The van der Waals surface area contributed by atoms with Crippen LogP contribution in [0.15, 0.2) is 43.0 Å². The van der Waals surface area contributed by atoms with Crippen molar-refractivity contribution in [3.8, 4) is 0 Å². The summed E-state index contributed by atoms with van der Waals surface area (Å²) in [4.78, 5) is 20.9. The molecule has 0 amide bonds. The van der Waals surface area contributed by atoms with Gasteiger partial charge in [0, 0.05) is 54.9 Å². The topological polar surface area (TPSA) is 83.8 Å². The Bertz CT molecular complexity index is 1240. The molecule has 0 radical (unpaired) electrons. The fraction of sp³-hybridized carbons (Fsp3) is 0.417. The molecule has 1 saturated carbocycles.